The molecule has 1 unspecified atom stereocenters. The molecule has 2 N–H and O–H groups in total. The maximum absolute atomic E-state index is 11.7. The standard InChI is InChI=1S/C12H22N2O/c1-12(5-6-12)11(15)14-9-10-4-2-3-7-13-8-10/h10,13H,2-9H2,1H3,(H,14,15). The van der Waals surface area contributed by atoms with Crippen LogP contribution in [-0.4, -0.2) is 25.5 Å². The van der Waals surface area contributed by atoms with Crippen LogP contribution in [0.5, 0.6) is 0 Å². The molecule has 86 valence electrons. The Morgan fingerprint density at radius 1 is 1.47 bits per heavy atom. The molecular weight excluding hydrogens is 188 g/mol. The van der Waals surface area contributed by atoms with Gasteiger partial charge in [-0.25, -0.2) is 0 Å². The second-order valence-corrected chi connectivity index (χ2v) is 5.34. The number of nitrogens with one attached hydrogen (secondary N) is 2. The van der Waals surface area contributed by atoms with Crippen LogP contribution in [0.2, 0.25) is 0 Å². The zero-order chi connectivity index (χ0) is 10.7. The van der Waals surface area contributed by atoms with Gasteiger partial charge in [0, 0.05) is 12.0 Å². The number of hydrogen-bond acceptors (Lipinski definition) is 2. The van der Waals surface area contributed by atoms with Gasteiger partial charge in [-0.3, -0.25) is 4.79 Å². The smallest absolute Gasteiger partial charge is 0.225 e. The van der Waals surface area contributed by atoms with Crippen LogP contribution in [0.15, 0.2) is 0 Å². The van der Waals surface area contributed by atoms with Crippen LogP contribution in [0.25, 0.3) is 0 Å². The average molecular weight is 210 g/mol. The third-order valence-electron chi connectivity index (χ3n) is 3.75. The van der Waals surface area contributed by atoms with E-state index in [1.54, 1.807) is 0 Å². The number of hydrogen-bond donors (Lipinski definition) is 2. The molecule has 2 fully saturated rings. The molecule has 0 aromatic heterocycles. The Bertz CT molecular complexity index is 228. The summed E-state index contributed by atoms with van der Waals surface area (Å²) in [6, 6.07) is 0. The minimum Gasteiger partial charge on any atom is -0.355 e. The summed E-state index contributed by atoms with van der Waals surface area (Å²) in [5, 5.41) is 6.53. The van der Waals surface area contributed by atoms with Crippen molar-refractivity contribution in [2.24, 2.45) is 11.3 Å². The molecule has 1 saturated heterocycles. The van der Waals surface area contributed by atoms with E-state index in [0.717, 1.165) is 32.5 Å². The summed E-state index contributed by atoms with van der Waals surface area (Å²) in [5.41, 5.74) is -0.0157. The fraction of sp³-hybridized carbons (Fsp3) is 0.917. The van der Waals surface area contributed by atoms with Gasteiger partial charge in [0.15, 0.2) is 0 Å². The van der Waals surface area contributed by atoms with Gasteiger partial charge in [-0.15, -0.1) is 0 Å². The van der Waals surface area contributed by atoms with Gasteiger partial charge in [0.05, 0.1) is 0 Å². The third kappa shape index (κ3) is 2.94. The molecule has 0 spiro atoms. The zero-order valence-electron chi connectivity index (χ0n) is 9.64. The monoisotopic (exact) mass is 210 g/mol. The molecule has 15 heavy (non-hydrogen) atoms. The number of amides is 1. The second-order valence-electron chi connectivity index (χ2n) is 5.34. The predicted molar refractivity (Wildman–Crippen MR) is 60.6 cm³/mol. The van der Waals surface area contributed by atoms with Crippen molar-refractivity contribution in [2.45, 2.75) is 39.0 Å². The van der Waals surface area contributed by atoms with Gasteiger partial charge in [0.1, 0.15) is 0 Å². The molecule has 3 nitrogen and oxygen atoms in total. The third-order valence-corrected chi connectivity index (χ3v) is 3.75. The summed E-state index contributed by atoms with van der Waals surface area (Å²) >= 11 is 0. The van der Waals surface area contributed by atoms with E-state index in [2.05, 4.69) is 17.6 Å². The van der Waals surface area contributed by atoms with E-state index in [0.29, 0.717) is 5.92 Å². The normalized spacial score (nSPS) is 29.3. The van der Waals surface area contributed by atoms with Gasteiger partial charge in [-0.05, 0) is 44.7 Å². The Kier molecular flexibility index (Phi) is 3.29. The first-order valence-electron chi connectivity index (χ1n) is 6.20. The molecule has 3 heteroatoms. The van der Waals surface area contributed by atoms with Crippen molar-refractivity contribution < 1.29 is 4.79 Å². The minimum absolute atomic E-state index is 0.0157. The van der Waals surface area contributed by atoms with Crippen LogP contribution in [0.3, 0.4) is 0 Å². The number of carbonyl (C=O) groups is 1. The highest BCUT2D eigenvalue weighted by molar-refractivity contribution is 5.84. The van der Waals surface area contributed by atoms with E-state index >= 15 is 0 Å². The van der Waals surface area contributed by atoms with Crippen LogP contribution in [0, 0.1) is 11.3 Å². The van der Waals surface area contributed by atoms with Crippen molar-refractivity contribution in [3.8, 4) is 0 Å². The molecular formula is C12H22N2O. The quantitative estimate of drug-likeness (QED) is 0.737. The summed E-state index contributed by atoms with van der Waals surface area (Å²) < 4.78 is 0. The first kappa shape index (κ1) is 10.9. The lowest BCUT2D eigenvalue weighted by atomic mass is 10.0. The SMILES string of the molecule is CC1(C(=O)NCC2CCCCNC2)CC1. The summed E-state index contributed by atoms with van der Waals surface area (Å²) in [6.07, 6.45) is 5.97. The molecule has 1 atom stereocenters. The molecule has 0 aromatic rings. The van der Waals surface area contributed by atoms with Crippen LogP contribution < -0.4 is 10.6 Å². The summed E-state index contributed by atoms with van der Waals surface area (Å²) in [4.78, 5) is 11.7. The van der Waals surface area contributed by atoms with E-state index in [1.165, 1.54) is 19.3 Å². The van der Waals surface area contributed by atoms with Crippen molar-refractivity contribution >= 4 is 5.91 Å². The van der Waals surface area contributed by atoms with Gasteiger partial charge in [-0.2, -0.15) is 0 Å². The Labute approximate surface area is 92.0 Å². The molecule has 2 rings (SSSR count). The first-order chi connectivity index (χ1) is 7.21. The van der Waals surface area contributed by atoms with Gasteiger partial charge in [0.25, 0.3) is 0 Å². The molecule has 1 aliphatic heterocycles. The number of rotatable bonds is 3. The highest BCUT2D eigenvalue weighted by Crippen LogP contribution is 2.44. The lowest BCUT2D eigenvalue weighted by Crippen LogP contribution is -2.36. The Balaban J connectivity index is 1.70. The summed E-state index contributed by atoms with van der Waals surface area (Å²) in [7, 11) is 0. The van der Waals surface area contributed by atoms with Crippen molar-refractivity contribution in [1.29, 1.82) is 0 Å². The van der Waals surface area contributed by atoms with Crippen molar-refractivity contribution in [2.75, 3.05) is 19.6 Å². The van der Waals surface area contributed by atoms with Crippen LogP contribution >= 0.6 is 0 Å². The highest BCUT2D eigenvalue weighted by atomic mass is 16.2. The predicted octanol–water partition coefficient (Wildman–Crippen LogP) is 1.29. The Morgan fingerprint density at radius 2 is 2.27 bits per heavy atom. The van der Waals surface area contributed by atoms with Crippen LogP contribution in [-0.2, 0) is 4.79 Å². The molecule has 0 aromatic carbocycles. The molecule has 2 aliphatic rings. The molecule has 1 aliphatic carbocycles. The first-order valence-corrected chi connectivity index (χ1v) is 6.20. The van der Waals surface area contributed by atoms with Gasteiger partial charge >= 0.3 is 0 Å². The van der Waals surface area contributed by atoms with E-state index in [-0.39, 0.29) is 11.3 Å². The molecule has 0 bridgehead atoms. The van der Waals surface area contributed by atoms with Gasteiger partial charge < -0.3 is 10.6 Å². The van der Waals surface area contributed by atoms with E-state index in [1.807, 2.05) is 0 Å². The lowest BCUT2D eigenvalue weighted by Gasteiger charge is -2.16. The fourth-order valence-corrected chi connectivity index (χ4v) is 2.13. The van der Waals surface area contributed by atoms with Gasteiger partial charge in [-0.1, -0.05) is 13.3 Å². The van der Waals surface area contributed by atoms with Crippen molar-refractivity contribution in [3.63, 3.8) is 0 Å². The average Bonchev–Trinajstić information content (AvgIpc) is 3.00. The maximum atomic E-state index is 11.7. The fourth-order valence-electron chi connectivity index (χ4n) is 2.13. The maximum Gasteiger partial charge on any atom is 0.225 e. The topological polar surface area (TPSA) is 41.1 Å². The van der Waals surface area contributed by atoms with E-state index in [9.17, 15) is 4.79 Å². The molecule has 1 heterocycles. The van der Waals surface area contributed by atoms with Crippen LogP contribution in [0.4, 0.5) is 0 Å². The lowest BCUT2D eigenvalue weighted by molar-refractivity contribution is -0.125. The minimum atomic E-state index is -0.0157. The number of carbonyl (C=O) groups excluding carboxylic acids is 1. The van der Waals surface area contributed by atoms with Gasteiger partial charge in [0.2, 0.25) is 5.91 Å². The molecule has 1 saturated carbocycles. The highest BCUT2D eigenvalue weighted by Gasteiger charge is 2.44. The summed E-state index contributed by atoms with van der Waals surface area (Å²) in [6.45, 7) is 5.13. The van der Waals surface area contributed by atoms with Crippen molar-refractivity contribution in [1.82, 2.24) is 10.6 Å². The van der Waals surface area contributed by atoms with Crippen LogP contribution in [0.1, 0.15) is 39.0 Å². The Hall–Kier alpha value is -0.570. The Morgan fingerprint density at radius 3 is 3.00 bits per heavy atom. The molecule has 0 radical (unpaired) electrons. The van der Waals surface area contributed by atoms with E-state index in [4.69, 9.17) is 0 Å². The summed E-state index contributed by atoms with van der Waals surface area (Å²) in [5.74, 6) is 0.908. The van der Waals surface area contributed by atoms with Crippen molar-refractivity contribution in [3.05, 3.63) is 0 Å². The zero-order valence-corrected chi connectivity index (χ0v) is 9.64. The molecule has 1 amide bonds. The second kappa shape index (κ2) is 4.52. The van der Waals surface area contributed by atoms with E-state index < -0.39 is 0 Å². The largest absolute Gasteiger partial charge is 0.355 e.